The molecule has 1 aliphatic heterocycles. The van der Waals surface area contributed by atoms with Crippen molar-refractivity contribution in [3.05, 3.63) is 48.0 Å². The number of hydrogen-bond donors (Lipinski definition) is 2. The summed E-state index contributed by atoms with van der Waals surface area (Å²) in [5, 5.41) is 11.9. The fourth-order valence-electron chi connectivity index (χ4n) is 4.78. The van der Waals surface area contributed by atoms with E-state index in [1.807, 2.05) is 6.07 Å². The van der Waals surface area contributed by atoms with E-state index in [9.17, 15) is 9.18 Å². The predicted octanol–water partition coefficient (Wildman–Crippen LogP) is 2.86. The average Bonchev–Trinajstić information content (AvgIpc) is 3.45. The molecule has 1 spiro atoms. The zero-order chi connectivity index (χ0) is 23.4. The molecule has 1 saturated carbocycles. The zero-order valence-corrected chi connectivity index (χ0v) is 18.9. The summed E-state index contributed by atoms with van der Waals surface area (Å²) in [5.41, 5.74) is 2.65. The second kappa shape index (κ2) is 7.63. The van der Waals surface area contributed by atoms with Gasteiger partial charge in [0, 0.05) is 66.8 Å². The Hall–Kier alpha value is -3.79. The number of benzene rings is 2. The standard InChI is InChI=1S/C24H24FN7O2/c1-31-12-14-9-15(10-18(25)20(14)30-31)28-22(33)16-3-4-19(17-11-26-23(34-2)29-21(16)17)32-8-7-27-24(13-32)5-6-24/h3-4,9-12,27H,5-8,13H2,1-2H3,(H,28,33). The molecule has 1 amide bonds. The van der Waals surface area contributed by atoms with E-state index < -0.39 is 5.82 Å². The Morgan fingerprint density at radius 1 is 1.26 bits per heavy atom. The number of carbonyl (C=O) groups excluding carboxylic acids is 1. The van der Waals surface area contributed by atoms with E-state index in [2.05, 4.69) is 30.6 Å². The van der Waals surface area contributed by atoms with Gasteiger partial charge in [-0.2, -0.15) is 10.1 Å². The first kappa shape index (κ1) is 20.8. The van der Waals surface area contributed by atoms with E-state index in [0.29, 0.717) is 22.2 Å². The Bertz CT molecular complexity index is 1450. The number of amides is 1. The number of piperazine rings is 1. The molecule has 2 aromatic carbocycles. The van der Waals surface area contributed by atoms with Gasteiger partial charge in [0.05, 0.1) is 18.2 Å². The number of carbonyl (C=O) groups is 1. The molecule has 0 atom stereocenters. The van der Waals surface area contributed by atoms with E-state index >= 15 is 0 Å². The van der Waals surface area contributed by atoms with Gasteiger partial charge in [-0.15, -0.1) is 0 Å². The minimum atomic E-state index is -0.495. The van der Waals surface area contributed by atoms with Gasteiger partial charge in [-0.05, 0) is 37.1 Å². The Morgan fingerprint density at radius 2 is 2.12 bits per heavy atom. The van der Waals surface area contributed by atoms with Crippen LogP contribution in [0.1, 0.15) is 23.2 Å². The predicted molar refractivity (Wildman–Crippen MR) is 127 cm³/mol. The molecule has 34 heavy (non-hydrogen) atoms. The number of aryl methyl sites for hydroxylation is 1. The molecule has 2 aromatic heterocycles. The summed E-state index contributed by atoms with van der Waals surface area (Å²) in [4.78, 5) is 24.4. The molecule has 0 unspecified atom stereocenters. The summed E-state index contributed by atoms with van der Waals surface area (Å²) in [7, 11) is 3.21. The SMILES string of the molecule is COc1ncc2c(N3CCNC4(CC4)C3)ccc(C(=O)Nc3cc(F)c4nn(C)cc4c3)c2n1. The van der Waals surface area contributed by atoms with Crippen LogP contribution in [0.3, 0.4) is 0 Å². The highest BCUT2D eigenvalue weighted by molar-refractivity contribution is 6.14. The third-order valence-electron chi connectivity index (χ3n) is 6.64. The van der Waals surface area contributed by atoms with Crippen LogP contribution in [-0.2, 0) is 7.05 Å². The molecular formula is C24H24FN7O2. The maximum absolute atomic E-state index is 14.5. The molecule has 2 N–H and O–H groups in total. The number of rotatable bonds is 4. The second-order valence-electron chi connectivity index (χ2n) is 9.03. The van der Waals surface area contributed by atoms with Crippen LogP contribution >= 0.6 is 0 Å². The van der Waals surface area contributed by atoms with Crippen molar-refractivity contribution in [2.24, 2.45) is 7.05 Å². The molecule has 0 radical (unpaired) electrons. The van der Waals surface area contributed by atoms with Crippen molar-refractivity contribution in [1.29, 1.82) is 0 Å². The van der Waals surface area contributed by atoms with Crippen LogP contribution in [0.4, 0.5) is 15.8 Å². The monoisotopic (exact) mass is 461 g/mol. The molecule has 6 rings (SSSR count). The van der Waals surface area contributed by atoms with Crippen molar-refractivity contribution < 1.29 is 13.9 Å². The van der Waals surface area contributed by atoms with Gasteiger partial charge in [-0.3, -0.25) is 9.48 Å². The Morgan fingerprint density at radius 3 is 2.91 bits per heavy atom. The molecule has 1 saturated heterocycles. The van der Waals surface area contributed by atoms with Crippen LogP contribution in [0.25, 0.3) is 21.8 Å². The van der Waals surface area contributed by atoms with E-state index in [4.69, 9.17) is 4.74 Å². The van der Waals surface area contributed by atoms with Gasteiger partial charge >= 0.3 is 6.01 Å². The number of fused-ring (bicyclic) bond motifs is 2. The van der Waals surface area contributed by atoms with Gasteiger partial charge in [0.15, 0.2) is 5.82 Å². The van der Waals surface area contributed by atoms with Crippen molar-refractivity contribution in [3.63, 3.8) is 0 Å². The summed E-state index contributed by atoms with van der Waals surface area (Å²) in [6, 6.07) is 6.86. The first-order valence-electron chi connectivity index (χ1n) is 11.2. The lowest BCUT2D eigenvalue weighted by Crippen LogP contribution is -2.52. The summed E-state index contributed by atoms with van der Waals surface area (Å²) >= 11 is 0. The average molecular weight is 462 g/mol. The third kappa shape index (κ3) is 3.50. The van der Waals surface area contributed by atoms with Crippen molar-refractivity contribution in [2.45, 2.75) is 18.4 Å². The number of nitrogens with one attached hydrogen (secondary N) is 2. The lowest BCUT2D eigenvalue weighted by atomic mass is 10.1. The molecule has 3 heterocycles. The van der Waals surface area contributed by atoms with Gasteiger partial charge in [0.1, 0.15) is 5.52 Å². The van der Waals surface area contributed by atoms with Gasteiger partial charge in [-0.1, -0.05) is 0 Å². The minimum Gasteiger partial charge on any atom is -0.467 e. The number of aromatic nitrogens is 4. The van der Waals surface area contributed by atoms with Gasteiger partial charge in [0.25, 0.3) is 5.91 Å². The smallest absolute Gasteiger partial charge is 0.316 e. The van der Waals surface area contributed by atoms with Gasteiger partial charge in [-0.25, -0.2) is 9.37 Å². The fourth-order valence-corrected chi connectivity index (χ4v) is 4.78. The van der Waals surface area contributed by atoms with Crippen LogP contribution in [0.15, 0.2) is 36.7 Å². The van der Waals surface area contributed by atoms with Crippen LogP contribution in [0.2, 0.25) is 0 Å². The highest BCUT2D eigenvalue weighted by atomic mass is 19.1. The minimum absolute atomic E-state index is 0.181. The van der Waals surface area contributed by atoms with Crippen molar-refractivity contribution in [3.8, 4) is 6.01 Å². The van der Waals surface area contributed by atoms with Crippen molar-refractivity contribution in [2.75, 3.05) is 37.0 Å². The number of ether oxygens (including phenoxy) is 1. The van der Waals surface area contributed by atoms with E-state index in [1.54, 1.807) is 31.6 Å². The van der Waals surface area contributed by atoms with Gasteiger partial charge < -0.3 is 20.3 Å². The highest BCUT2D eigenvalue weighted by Gasteiger charge is 2.45. The van der Waals surface area contributed by atoms with Crippen molar-refractivity contribution >= 4 is 39.1 Å². The normalized spacial score (nSPS) is 16.9. The maximum atomic E-state index is 14.5. The Kier molecular flexibility index (Phi) is 4.66. The quantitative estimate of drug-likeness (QED) is 0.482. The van der Waals surface area contributed by atoms with E-state index in [-0.39, 0.29) is 23.0 Å². The maximum Gasteiger partial charge on any atom is 0.316 e. The molecule has 174 valence electrons. The van der Waals surface area contributed by atoms with Crippen LogP contribution < -0.4 is 20.3 Å². The van der Waals surface area contributed by atoms with Crippen LogP contribution in [-0.4, -0.2) is 57.9 Å². The summed E-state index contributed by atoms with van der Waals surface area (Å²) in [6.07, 6.45) is 5.75. The summed E-state index contributed by atoms with van der Waals surface area (Å²) < 4.78 is 21.3. The molecular weight excluding hydrogens is 437 g/mol. The first-order valence-corrected chi connectivity index (χ1v) is 11.2. The van der Waals surface area contributed by atoms with Crippen LogP contribution in [0.5, 0.6) is 6.01 Å². The lowest BCUT2D eigenvalue weighted by Gasteiger charge is -2.36. The number of nitrogens with zero attached hydrogens (tertiary/aromatic N) is 5. The van der Waals surface area contributed by atoms with E-state index in [1.165, 1.54) is 30.7 Å². The van der Waals surface area contributed by atoms with E-state index in [0.717, 1.165) is 30.7 Å². The lowest BCUT2D eigenvalue weighted by molar-refractivity contribution is 0.102. The summed E-state index contributed by atoms with van der Waals surface area (Å²) in [6.45, 7) is 2.67. The molecule has 2 fully saturated rings. The highest BCUT2D eigenvalue weighted by Crippen LogP contribution is 2.40. The largest absolute Gasteiger partial charge is 0.467 e. The van der Waals surface area contributed by atoms with Crippen LogP contribution in [0, 0.1) is 5.82 Å². The molecule has 2 aliphatic rings. The molecule has 9 nitrogen and oxygen atoms in total. The Labute approximate surface area is 194 Å². The number of halogens is 1. The molecule has 0 bridgehead atoms. The zero-order valence-electron chi connectivity index (χ0n) is 18.9. The summed E-state index contributed by atoms with van der Waals surface area (Å²) in [5.74, 6) is -0.885. The third-order valence-corrected chi connectivity index (χ3v) is 6.64. The fraction of sp³-hybridized carbons (Fsp3) is 0.333. The molecule has 4 aromatic rings. The van der Waals surface area contributed by atoms with Crippen molar-refractivity contribution in [1.82, 2.24) is 25.1 Å². The second-order valence-corrected chi connectivity index (χ2v) is 9.03. The first-order chi connectivity index (χ1) is 16.4. The molecule has 1 aliphatic carbocycles. The topological polar surface area (TPSA) is 97.2 Å². The molecule has 10 heteroatoms. The van der Waals surface area contributed by atoms with Gasteiger partial charge in [0.2, 0.25) is 0 Å². The Balaban J connectivity index is 1.38. The number of anilines is 2. The number of hydrogen-bond acceptors (Lipinski definition) is 7. The number of methoxy groups -OCH3 is 1.